The number of nitrogens with one attached hydrogen (secondary N) is 1. The molecule has 1 aliphatic carbocycles. The van der Waals surface area contributed by atoms with Crippen LogP contribution in [-0.2, 0) is 0 Å². The van der Waals surface area contributed by atoms with Crippen LogP contribution in [-0.4, -0.2) is 41.3 Å². The zero-order chi connectivity index (χ0) is 13.7. The zero-order valence-corrected chi connectivity index (χ0v) is 12.2. The highest BCUT2D eigenvalue weighted by Gasteiger charge is 2.33. The fourth-order valence-electron chi connectivity index (χ4n) is 3.42. The number of amides is 2. The molecule has 0 aromatic heterocycles. The predicted molar refractivity (Wildman–Crippen MR) is 76.0 cm³/mol. The van der Waals surface area contributed by atoms with Crippen LogP contribution in [0.3, 0.4) is 0 Å². The molecule has 1 aliphatic heterocycles. The third kappa shape index (κ3) is 4.37. The van der Waals surface area contributed by atoms with Crippen molar-refractivity contribution < 1.29 is 9.90 Å². The number of likely N-dealkylation sites (tertiary alicyclic amines) is 1. The summed E-state index contributed by atoms with van der Waals surface area (Å²) in [5, 5.41) is 13.5. The summed E-state index contributed by atoms with van der Waals surface area (Å²) in [6.07, 6.45) is 8.56. The summed E-state index contributed by atoms with van der Waals surface area (Å²) in [6, 6.07) is 0.00792. The minimum absolute atomic E-state index is 0.00792. The maximum absolute atomic E-state index is 12.1. The molecule has 2 aliphatic rings. The van der Waals surface area contributed by atoms with Crippen molar-refractivity contribution in [2.24, 2.45) is 5.92 Å². The minimum Gasteiger partial charge on any atom is -0.388 e. The van der Waals surface area contributed by atoms with E-state index in [1.54, 1.807) is 0 Å². The van der Waals surface area contributed by atoms with Gasteiger partial charge in [0.15, 0.2) is 0 Å². The molecule has 1 saturated heterocycles. The molecule has 2 amide bonds. The van der Waals surface area contributed by atoms with E-state index in [0.29, 0.717) is 12.5 Å². The summed E-state index contributed by atoms with van der Waals surface area (Å²) < 4.78 is 0. The second kappa shape index (κ2) is 6.60. The summed E-state index contributed by atoms with van der Waals surface area (Å²) >= 11 is 0. The zero-order valence-electron chi connectivity index (χ0n) is 12.2. The molecule has 0 radical (unpaired) electrons. The number of rotatable bonds is 2. The van der Waals surface area contributed by atoms with Gasteiger partial charge in [0.2, 0.25) is 0 Å². The molecular formula is C15H28N2O2. The minimum atomic E-state index is -0.681. The van der Waals surface area contributed by atoms with E-state index >= 15 is 0 Å². The molecule has 0 spiro atoms. The largest absolute Gasteiger partial charge is 0.388 e. The molecule has 2 N–H and O–H groups in total. The molecule has 19 heavy (non-hydrogen) atoms. The molecule has 2 fully saturated rings. The molecular weight excluding hydrogens is 240 g/mol. The average Bonchev–Trinajstić information content (AvgIpc) is 2.64. The number of carbonyl (C=O) groups is 1. The van der Waals surface area contributed by atoms with Gasteiger partial charge in [0.25, 0.3) is 0 Å². The number of hydrogen-bond acceptors (Lipinski definition) is 2. The summed E-state index contributed by atoms with van der Waals surface area (Å²) in [5.41, 5.74) is -0.681. The lowest BCUT2D eigenvalue weighted by Gasteiger charge is -2.36. The van der Waals surface area contributed by atoms with Gasteiger partial charge in [0, 0.05) is 19.6 Å². The highest BCUT2D eigenvalue weighted by atomic mass is 16.3. The SMILES string of the molecule is CC1CCCC(O)(CNC(=O)N2CCCCCC2)C1. The molecule has 0 bridgehead atoms. The van der Waals surface area contributed by atoms with Crippen LogP contribution in [0.25, 0.3) is 0 Å². The fourth-order valence-corrected chi connectivity index (χ4v) is 3.42. The second-order valence-electron chi connectivity index (χ2n) is 6.49. The van der Waals surface area contributed by atoms with Crippen LogP contribution in [0.1, 0.15) is 58.3 Å². The molecule has 110 valence electrons. The Morgan fingerprint density at radius 3 is 2.58 bits per heavy atom. The van der Waals surface area contributed by atoms with E-state index in [9.17, 15) is 9.90 Å². The van der Waals surface area contributed by atoms with Crippen LogP contribution >= 0.6 is 0 Å². The van der Waals surface area contributed by atoms with E-state index in [-0.39, 0.29) is 6.03 Å². The van der Waals surface area contributed by atoms with Crippen LogP contribution < -0.4 is 5.32 Å². The Bertz CT molecular complexity index is 301. The smallest absolute Gasteiger partial charge is 0.317 e. The van der Waals surface area contributed by atoms with E-state index in [0.717, 1.165) is 45.2 Å². The topological polar surface area (TPSA) is 52.6 Å². The third-order valence-corrected chi connectivity index (χ3v) is 4.53. The van der Waals surface area contributed by atoms with Crippen molar-refractivity contribution in [3.05, 3.63) is 0 Å². The van der Waals surface area contributed by atoms with Crippen molar-refractivity contribution >= 4 is 6.03 Å². The van der Waals surface area contributed by atoms with E-state index < -0.39 is 5.60 Å². The molecule has 4 heteroatoms. The van der Waals surface area contributed by atoms with Gasteiger partial charge in [0.1, 0.15) is 0 Å². The standard InChI is InChI=1S/C15H28N2O2/c1-13-7-6-8-15(19,11-13)12-16-14(18)17-9-4-2-3-5-10-17/h13,19H,2-12H2,1H3,(H,16,18). The number of urea groups is 1. The maximum atomic E-state index is 12.1. The van der Waals surface area contributed by atoms with Crippen LogP contribution in [0.15, 0.2) is 0 Å². The normalized spacial score (nSPS) is 32.7. The first kappa shape index (κ1) is 14.6. The summed E-state index contributed by atoms with van der Waals surface area (Å²) in [4.78, 5) is 14.0. The quantitative estimate of drug-likeness (QED) is 0.808. The van der Waals surface area contributed by atoms with Crippen LogP contribution in [0.2, 0.25) is 0 Å². The Morgan fingerprint density at radius 1 is 1.26 bits per heavy atom. The van der Waals surface area contributed by atoms with Gasteiger partial charge in [-0.25, -0.2) is 4.79 Å². The van der Waals surface area contributed by atoms with Crippen molar-refractivity contribution in [2.75, 3.05) is 19.6 Å². The Balaban J connectivity index is 1.78. The lowest BCUT2D eigenvalue weighted by molar-refractivity contribution is -0.0103. The van der Waals surface area contributed by atoms with Gasteiger partial charge >= 0.3 is 6.03 Å². The highest BCUT2D eigenvalue weighted by molar-refractivity contribution is 5.74. The van der Waals surface area contributed by atoms with Crippen molar-refractivity contribution in [1.82, 2.24) is 10.2 Å². The molecule has 2 unspecified atom stereocenters. The number of aliphatic hydroxyl groups is 1. The van der Waals surface area contributed by atoms with Crippen molar-refractivity contribution in [1.29, 1.82) is 0 Å². The van der Waals surface area contributed by atoms with Crippen LogP contribution in [0.4, 0.5) is 4.79 Å². The van der Waals surface area contributed by atoms with E-state index in [4.69, 9.17) is 0 Å². The first-order chi connectivity index (χ1) is 9.09. The Hall–Kier alpha value is -0.770. The third-order valence-electron chi connectivity index (χ3n) is 4.53. The Labute approximate surface area is 116 Å². The number of carbonyl (C=O) groups excluding carboxylic acids is 1. The van der Waals surface area contributed by atoms with E-state index in [1.165, 1.54) is 19.3 Å². The molecule has 4 nitrogen and oxygen atoms in total. The van der Waals surface area contributed by atoms with Gasteiger partial charge in [-0.1, -0.05) is 32.6 Å². The van der Waals surface area contributed by atoms with Crippen LogP contribution in [0, 0.1) is 5.92 Å². The lowest BCUT2D eigenvalue weighted by Crippen LogP contribution is -2.49. The lowest BCUT2D eigenvalue weighted by atomic mass is 9.79. The van der Waals surface area contributed by atoms with Gasteiger partial charge in [-0.15, -0.1) is 0 Å². The molecule has 0 aromatic rings. The summed E-state index contributed by atoms with van der Waals surface area (Å²) in [6.45, 7) is 4.31. The number of hydrogen-bond donors (Lipinski definition) is 2. The molecule has 2 rings (SSSR count). The fraction of sp³-hybridized carbons (Fsp3) is 0.933. The average molecular weight is 268 g/mol. The van der Waals surface area contributed by atoms with Gasteiger partial charge in [-0.3, -0.25) is 0 Å². The van der Waals surface area contributed by atoms with Gasteiger partial charge in [0.05, 0.1) is 5.60 Å². The molecule has 1 heterocycles. The monoisotopic (exact) mass is 268 g/mol. The summed E-state index contributed by atoms with van der Waals surface area (Å²) in [7, 11) is 0. The molecule has 1 saturated carbocycles. The highest BCUT2D eigenvalue weighted by Crippen LogP contribution is 2.31. The first-order valence-corrected chi connectivity index (χ1v) is 7.84. The van der Waals surface area contributed by atoms with Gasteiger partial charge in [-0.05, 0) is 31.6 Å². The van der Waals surface area contributed by atoms with Gasteiger partial charge < -0.3 is 15.3 Å². The van der Waals surface area contributed by atoms with Crippen LogP contribution in [0.5, 0.6) is 0 Å². The Kier molecular flexibility index (Phi) is 5.08. The van der Waals surface area contributed by atoms with E-state index in [2.05, 4.69) is 12.2 Å². The molecule has 2 atom stereocenters. The van der Waals surface area contributed by atoms with Gasteiger partial charge in [-0.2, -0.15) is 0 Å². The van der Waals surface area contributed by atoms with Crippen molar-refractivity contribution in [3.63, 3.8) is 0 Å². The number of nitrogens with zero attached hydrogens (tertiary/aromatic N) is 1. The maximum Gasteiger partial charge on any atom is 0.317 e. The predicted octanol–water partition coefficient (Wildman–Crippen LogP) is 2.51. The summed E-state index contributed by atoms with van der Waals surface area (Å²) in [5.74, 6) is 0.564. The van der Waals surface area contributed by atoms with E-state index in [1.807, 2.05) is 4.90 Å². The van der Waals surface area contributed by atoms with Crippen molar-refractivity contribution in [2.45, 2.75) is 63.9 Å². The van der Waals surface area contributed by atoms with Crippen molar-refractivity contribution in [3.8, 4) is 0 Å². The molecule has 0 aromatic carbocycles. The second-order valence-corrected chi connectivity index (χ2v) is 6.49. The first-order valence-electron chi connectivity index (χ1n) is 7.84. The Morgan fingerprint density at radius 2 is 1.95 bits per heavy atom.